The molecular formula is C9H18N4O2S. The molecule has 7 heteroatoms. The van der Waals surface area contributed by atoms with Crippen molar-refractivity contribution in [3.05, 3.63) is 11.9 Å². The summed E-state index contributed by atoms with van der Waals surface area (Å²) in [6.07, 6.45) is 2.92. The van der Waals surface area contributed by atoms with Crippen LogP contribution in [-0.2, 0) is 10.0 Å². The van der Waals surface area contributed by atoms with Gasteiger partial charge in [0.05, 0.1) is 11.9 Å². The summed E-state index contributed by atoms with van der Waals surface area (Å²) in [5.74, 6) is 0. The molecule has 0 aromatic carbocycles. The summed E-state index contributed by atoms with van der Waals surface area (Å²) in [4.78, 5) is 0.182. The van der Waals surface area contributed by atoms with Gasteiger partial charge < -0.3 is 5.73 Å². The van der Waals surface area contributed by atoms with Crippen molar-refractivity contribution in [3.8, 4) is 0 Å². The van der Waals surface area contributed by atoms with E-state index in [1.165, 1.54) is 6.20 Å². The summed E-state index contributed by atoms with van der Waals surface area (Å²) in [6.45, 7) is 3.95. The first-order valence-corrected chi connectivity index (χ1v) is 6.72. The van der Waals surface area contributed by atoms with Crippen LogP contribution in [0.4, 0.5) is 0 Å². The lowest BCUT2D eigenvalue weighted by atomic mass is 10.2. The molecule has 0 bridgehead atoms. The van der Waals surface area contributed by atoms with Gasteiger partial charge in [-0.3, -0.25) is 5.10 Å². The molecular weight excluding hydrogens is 228 g/mol. The first kappa shape index (κ1) is 13.1. The highest BCUT2D eigenvalue weighted by atomic mass is 32.2. The summed E-state index contributed by atoms with van der Waals surface area (Å²) >= 11 is 0. The zero-order chi connectivity index (χ0) is 12.2. The molecule has 92 valence electrons. The van der Waals surface area contributed by atoms with Gasteiger partial charge in [-0.05, 0) is 13.3 Å². The van der Waals surface area contributed by atoms with Crippen LogP contribution in [0.2, 0.25) is 0 Å². The number of nitrogens with one attached hydrogen (secondary N) is 2. The number of hydrogen-bond donors (Lipinski definition) is 3. The molecule has 0 amide bonds. The van der Waals surface area contributed by atoms with Gasteiger partial charge in [-0.25, -0.2) is 13.1 Å². The van der Waals surface area contributed by atoms with E-state index in [9.17, 15) is 8.42 Å². The Hall–Kier alpha value is -0.920. The van der Waals surface area contributed by atoms with Crippen molar-refractivity contribution in [1.29, 1.82) is 0 Å². The third kappa shape index (κ3) is 3.03. The number of sulfonamides is 1. The van der Waals surface area contributed by atoms with Crippen molar-refractivity contribution in [2.24, 2.45) is 5.73 Å². The minimum absolute atomic E-state index is 0.182. The number of hydrogen-bond acceptors (Lipinski definition) is 4. The van der Waals surface area contributed by atoms with Crippen molar-refractivity contribution in [2.45, 2.75) is 37.6 Å². The van der Waals surface area contributed by atoms with Crippen molar-refractivity contribution in [2.75, 3.05) is 6.54 Å². The number of H-pyrrole nitrogens is 1. The lowest BCUT2D eigenvalue weighted by Crippen LogP contribution is -2.40. The van der Waals surface area contributed by atoms with E-state index < -0.39 is 10.0 Å². The minimum atomic E-state index is -3.50. The molecule has 1 heterocycles. The maximum atomic E-state index is 11.9. The quantitative estimate of drug-likeness (QED) is 0.663. The Morgan fingerprint density at radius 1 is 1.62 bits per heavy atom. The molecule has 6 nitrogen and oxygen atoms in total. The molecule has 0 aliphatic carbocycles. The number of rotatable bonds is 6. The van der Waals surface area contributed by atoms with Gasteiger partial charge in [0.25, 0.3) is 0 Å². The van der Waals surface area contributed by atoms with Crippen LogP contribution in [0, 0.1) is 6.92 Å². The monoisotopic (exact) mass is 246 g/mol. The molecule has 0 fully saturated rings. The third-order valence-electron chi connectivity index (χ3n) is 2.32. The molecule has 1 aromatic rings. The van der Waals surface area contributed by atoms with Gasteiger partial charge in [0, 0.05) is 12.6 Å². The molecule has 0 saturated carbocycles. The number of aromatic nitrogens is 2. The number of nitrogens with zero attached hydrogens (tertiary/aromatic N) is 1. The maximum absolute atomic E-state index is 11.9. The molecule has 1 rings (SSSR count). The van der Waals surface area contributed by atoms with Crippen molar-refractivity contribution in [1.82, 2.24) is 14.9 Å². The Kier molecular flexibility index (Phi) is 4.45. The fourth-order valence-electron chi connectivity index (χ4n) is 1.47. The zero-order valence-electron chi connectivity index (χ0n) is 9.53. The van der Waals surface area contributed by atoms with E-state index >= 15 is 0 Å². The van der Waals surface area contributed by atoms with Crippen molar-refractivity contribution >= 4 is 10.0 Å². The Morgan fingerprint density at radius 3 is 2.75 bits per heavy atom. The van der Waals surface area contributed by atoms with Gasteiger partial charge in [-0.2, -0.15) is 5.10 Å². The van der Waals surface area contributed by atoms with Gasteiger partial charge in [-0.15, -0.1) is 0 Å². The topological polar surface area (TPSA) is 101 Å². The summed E-state index contributed by atoms with van der Waals surface area (Å²) in [5, 5.41) is 6.29. The summed E-state index contributed by atoms with van der Waals surface area (Å²) in [7, 11) is -3.50. The molecule has 0 radical (unpaired) electrons. The molecule has 16 heavy (non-hydrogen) atoms. The van der Waals surface area contributed by atoms with E-state index in [-0.39, 0.29) is 10.9 Å². The van der Waals surface area contributed by atoms with Crippen molar-refractivity contribution < 1.29 is 8.42 Å². The van der Waals surface area contributed by atoms with Crippen LogP contribution in [0.15, 0.2) is 11.1 Å². The van der Waals surface area contributed by atoms with Crippen LogP contribution >= 0.6 is 0 Å². The highest BCUT2D eigenvalue weighted by Gasteiger charge is 2.21. The van der Waals surface area contributed by atoms with Crippen LogP contribution in [0.1, 0.15) is 25.5 Å². The number of aromatic amines is 1. The molecule has 1 aromatic heterocycles. The molecule has 0 spiro atoms. The smallest absolute Gasteiger partial charge is 0.244 e. The molecule has 4 N–H and O–H groups in total. The van der Waals surface area contributed by atoms with Gasteiger partial charge in [0.2, 0.25) is 10.0 Å². The van der Waals surface area contributed by atoms with E-state index in [1.807, 2.05) is 6.92 Å². The average molecular weight is 246 g/mol. The maximum Gasteiger partial charge on any atom is 0.244 e. The zero-order valence-corrected chi connectivity index (χ0v) is 10.3. The SMILES string of the molecule is CCCC(CN)NS(=O)(=O)c1cn[nH]c1C. The van der Waals surface area contributed by atoms with Crippen LogP contribution in [-0.4, -0.2) is 31.2 Å². The normalized spacial score (nSPS) is 13.9. The van der Waals surface area contributed by atoms with Crippen LogP contribution in [0.5, 0.6) is 0 Å². The van der Waals surface area contributed by atoms with E-state index in [2.05, 4.69) is 14.9 Å². The largest absolute Gasteiger partial charge is 0.329 e. The van der Waals surface area contributed by atoms with Gasteiger partial charge in [0.1, 0.15) is 4.90 Å². The number of aryl methyl sites for hydroxylation is 1. The fourth-order valence-corrected chi connectivity index (χ4v) is 2.89. The van der Waals surface area contributed by atoms with Gasteiger partial charge in [-0.1, -0.05) is 13.3 Å². The first-order valence-electron chi connectivity index (χ1n) is 5.23. The third-order valence-corrected chi connectivity index (χ3v) is 3.95. The van der Waals surface area contributed by atoms with Gasteiger partial charge in [0.15, 0.2) is 0 Å². The standard InChI is InChI=1S/C9H18N4O2S/c1-3-4-8(5-10)13-16(14,15)9-6-11-12-7(9)2/h6,8,13H,3-5,10H2,1-2H3,(H,11,12). The van der Waals surface area contributed by atoms with E-state index in [1.54, 1.807) is 6.92 Å². The molecule has 1 unspecified atom stereocenters. The Balaban J connectivity index is 2.83. The van der Waals surface area contributed by atoms with Gasteiger partial charge >= 0.3 is 0 Å². The molecule has 0 aliphatic heterocycles. The fraction of sp³-hybridized carbons (Fsp3) is 0.667. The predicted octanol–water partition coefficient (Wildman–Crippen LogP) is 0.124. The van der Waals surface area contributed by atoms with Crippen LogP contribution in [0.25, 0.3) is 0 Å². The summed E-state index contributed by atoms with van der Waals surface area (Å²) in [6, 6.07) is -0.218. The minimum Gasteiger partial charge on any atom is -0.329 e. The molecule has 1 atom stereocenters. The van der Waals surface area contributed by atoms with E-state index in [0.717, 1.165) is 12.8 Å². The first-order chi connectivity index (χ1) is 7.51. The highest BCUT2D eigenvalue weighted by molar-refractivity contribution is 7.89. The second kappa shape index (κ2) is 5.42. The van der Waals surface area contributed by atoms with E-state index in [4.69, 9.17) is 5.73 Å². The Labute approximate surface area is 95.7 Å². The lowest BCUT2D eigenvalue weighted by molar-refractivity contribution is 0.527. The van der Waals surface area contributed by atoms with E-state index in [0.29, 0.717) is 12.2 Å². The summed E-state index contributed by atoms with van der Waals surface area (Å²) in [5.41, 5.74) is 6.03. The Bertz CT molecular complexity index is 426. The second-order valence-electron chi connectivity index (χ2n) is 3.70. The van der Waals surface area contributed by atoms with Crippen LogP contribution in [0.3, 0.4) is 0 Å². The predicted molar refractivity (Wildman–Crippen MR) is 61.4 cm³/mol. The van der Waals surface area contributed by atoms with Crippen LogP contribution < -0.4 is 10.5 Å². The highest BCUT2D eigenvalue weighted by Crippen LogP contribution is 2.12. The Morgan fingerprint density at radius 2 is 2.31 bits per heavy atom. The number of nitrogens with two attached hydrogens (primary N) is 1. The van der Waals surface area contributed by atoms with Crippen molar-refractivity contribution in [3.63, 3.8) is 0 Å². The summed E-state index contributed by atoms with van der Waals surface area (Å²) < 4.78 is 26.4. The average Bonchev–Trinajstić information content (AvgIpc) is 2.64. The second-order valence-corrected chi connectivity index (χ2v) is 5.38. The lowest BCUT2D eigenvalue weighted by Gasteiger charge is -2.15. The molecule has 0 aliphatic rings. The molecule has 0 saturated heterocycles.